The zero-order valence-electron chi connectivity index (χ0n) is 16.2. The van der Waals surface area contributed by atoms with Gasteiger partial charge in [0.15, 0.2) is 6.61 Å². The number of hydrogen-bond donors (Lipinski definition) is 2. The number of likely N-dealkylation sites (N-methyl/N-ethyl adjacent to an activating group) is 1. The second kappa shape index (κ2) is 11.4. The molecule has 28 heavy (non-hydrogen) atoms. The molecular formula is C22H26N2O4. The van der Waals surface area contributed by atoms with Crippen molar-refractivity contribution in [3.8, 4) is 11.5 Å². The molecule has 148 valence electrons. The second-order valence-corrected chi connectivity index (χ2v) is 6.01. The molecule has 0 aliphatic carbocycles. The highest BCUT2D eigenvalue weighted by Gasteiger charge is 2.03. The molecule has 2 amide bonds. The van der Waals surface area contributed by atoms with Gasteiger partial charge in [0.25, 0.3) is 5.91 Å². The van der Waals surface area contributed by atoms with Crippen molar-refractivity contribution in [2.45, 2.75) is 20.3 Å². The Labute approximate surface area is 165 Å². The summed E-state index contributed by atoms with van der Waals surface area (Å²) in [4.78, 5) is 23.6. The van der Waals surface area contributed by atoms with Crippen molar-refractivity contribution in [1.29, 1.82) is 0 Å². The maximum absolute atomic E-state index is 12.1. The van der Waals surface area contributed by atoms with E-state index in [2.05, 4.69) is 17.6 Å². The Morgan fingerprint density at radius 3 is 2.50 bits per heavy atom. The summed E-state index contributed by atoms with van der Waals surface area (Å²) in [5.74, 6) is 0.877. The molecule has 0 aromatic heterocycles. The standard InChI is InChI=1S/C22H26N2O4/c1-3-14-27-19-11-8-17(9-12-19)10-13-21(25)24-18-6-5-7-20(15-18)28-16-22(26)23-4-2/h5-13,15H,3-4,14,16H2,1-2H3,(H,23,26)(H,24,25)/b13-10+. The molecule has 0 heterocycles. The molecule has 6 nitrogen and oxygen atoms in total. The number of amides is 2. The quantitative estimate of drug-likeness (QED) is 0.615. The average Bonchev–Trinajstić information content (AvgIpc) is 2.70. The van der Waals surface area contributed by atoms with E-state index >= 15 is 0 Å². The highest BCUT2D eigenvalue weighted by molar-refractivity contribution is 6.02. The summed E-state index contributed by atoms with van der Waals surface area (Å²) in [5, 5.41) is 5.43. The van der Waals surface area contributed by atoms with Gasteiger partial charge in [-0.1, -0.05) is 25.1 Å². The molecule has 0 fully saturated rings. The second-order valence-electron chi connectivity index (χ2n) is 6.01. The molecular weight excluding hydrogens is 356 g/mol. The van der Waals surface area contributed by atoms with Crippen LogP contribution in [0.25, 0.3) is 6.08 Å². The van der Waals surface area contributed by atoms with E-state index in [1.54, 1.807) is 30.3 Å². The van der Waals surface area contributed by atoms with E-state index in [-0.39, 0.29) is 18.4 Å². The van der Waals surface area contributed by atoms with E-state index in [9.17, 15) is 9.59 Å². The van der Waals surface area contributed by atoms with Gasteiger partial charge in [-0.3, -0.25) is 9.59 Å². The minimum Gasteiger partial charge on any atom is -0.494 e. The largest absolute Gasteiger partial charge is 0.494 e. The van der Waals surface area contributed by atoms with Gasteiger partial charge >= 0.3 is 0 Å². The summed E-state index contributed by atoms with van der Waals surface area (Å²) in [5.41, 5.74) is 1.49. The minimum absolute atomic E-state index is 0.0664. The third-order valence-electron chi connectivity index (χ3n) is 3.63. The van der Waals surface area contributed by atoms with Crippen LogP contribution in [0.3, 0.4) is 0 Å². The van der Waals surface area contributed by atoms with Crippen LogP contribution in [0.15, 0.2) is 54.6 Å². The monoisotopic (exact) mass is 382 g/mol. The van der Waals surface area contributed by atoms with Crippen LogP contribution in [0.1, 0.15) is 25.8 Å². The van der Waals surface area contributed by atoms with Crippen molar-refractivity contribution in [3.05, 3.63) is 60.2 Å². The van der Waals surface area contributed by atoms with E-state index in [0.29, 0.717) is 24.6 Å². The first-order valence-corrected chi connectivity index (χ1v) is 9.32. The molecule has 2 aromatic carbocycles. The molecule has 0 saturated heterocycles. The number of ether oxygens (including phenoxy) is 2. The van der Waals surface area contributed by atoms with Crippen LogP contribution in [0, 0.1) is 0 Å². The van der Waals surface area contributed by atoms with Crippen molar-refractivity contribution in [3.63, 3.8) is 0 Å². The van der Waals surface area contributed by atoms with Crippen LogP contribution in [-0.4, -0.2) is 31.6 Å². The summed E-state index contributed by atoms with van der Waals surface area (Å²) in [7, 11) is 0. The molecule has 6 heteroatoms. The maximum atomic E-state index is 12.1. The van der Waals surface area contributed by atoms with Crippen molar-refractivity contribution >= 4 is 23.6 Å². The molecule has 2 aromatic rings. The molecule has 2 N–H and O–H groups in total. The fourth-order valence-electron chi connectivity index (χ4n) is 2.31. The minimum atomic E-state index is -0.257. The average molecular weight is 382 g/mol. The van der Waals surface area contributed by atoms with Crippen LogP contribution < -0.4 is 20.1 Å². The zero-order valence-corrected chi connectivity index (χ0v) is 16.2. The van der Waals surface area contributed by atoms with Crippen LogP contribution in [0.4, 0.5) is 5.69 Å². The number of rotatable bonds is 10. The Morgan fingerprint density at radius 2 is 1.79 bits per heavy atom. The van der Waals surface area contributed by atoms with Gasteiger partial charge in [-0.2, -0.15) is 0 Å². The number of nitrogens with one attached hydrogen (secondary N) is 2. The van der Waals surface area contributed by atoms with Gasteiger partial charge in [0, 0.05) is 24.4 Å². The lowest BCUT2D eigenvalue weighted by atomic mass is 10.2. The molecule has 0 radical (unpaired) electrons. The third-order valence-corrected chi connectivity index (χ3v) is 3.63. The molecule has 0 aliphatic heterocycles. The van der Waals surface area contributed by atoms with Crippen molar-refractivity contribution in [2.75, 3.05) is 25.1 Å². The Hall–Kier alpha value is -3.28. The van der Waals surface area contributed by atoms with E-state index < -0.39 is 0 Å². The number of carbonyl (C=O) groups excluding carboxylic acids is 2. The molecule has 2 rings (SSSR count). The number of benzene rings is 2. The molecule has 0 atom stereocenters. The fourth-order valence-corrected chi connectivity index (χ4v) is 2.31. The van der Waals surface area contributed by atoms with E-state index in [0.717, 1.165) is 17.7 Å². The van der Waals surface area contributed by atoms with Crippen molar-refractivity contribution in [1.82, 2.24) is 5.32 Å². The van der Waals surface area contributed by atoms with Gasteiger partial charge in [-0.05, 0) is 49.2 Å². The number of hydrogen-bond acceptors (Lipinski definition) is 4. The highest BCUT2D eigenvalue weighted by atomic mass is 16.5. The smallest absolute Gasteiger partial charge is 0.257 e. The van der Waals surface area contributed by atoms with Crippen LogP contribution in [-0.2, 0) is 9.59 Å². The van der Waals surface area contributed by atoms with E-state index in [1.807, 2.05) is 31.2 Å². The van der Waals surface area contributed by atoms with Crippen LogP contribution in [0.5, 0.6) is 11.5 Å². The lowest BCUT2D eigenvalue weighted by molar-refractivity contribution is -0.123. The molecule has 0 spiro atoms. The fraction of sp³-hybridized carbons (Fsp3) is 0.273. The first-order chi connectivity index (χ1) is 13.6. The van der Waals surface area contributed by atoms with Gasteiger partial charge in [0.05, 0.1) is 6.61 Å². The Kier molecular flexibility index (Phi) is 8.59. The summed E-state index contributed by atoms with van der Waals surface area (Å²) in [6, 6.07) is 14.4. The van der Waals surface area contributed by atoms with Gasteiger partial charge < -0.3 is 20.1 Å². The lowest BCUT2D eigenvalue weighted by Crippen LogP contribution is -2.28. The summed E-state index contributed by atoms with van der Waals surface area (Å²) >= 11 is 0. The molecule has 0 bridgehead atoms. The zero-order chi connectivity index (χ0) is 20.2. The molecule has 0 saturated carbocycles. The van der Waals surface area contributed by atoms with Gasteiger partial charge in [-0.25, -0.2) is 0 Å². The van der Waals surface area contributed by atoms with Crippen molar-refractivity contribution < 1.29 is 19.1 Å². The van der Waals surface area contributed by atoms with E-state index in [1.165, 1.54) is 6.08 Å². The molecule has 0 aliphatic rings. The Balaban J connectivity index is 1.87. The van der Waals surface area contributed by atoms with Crippen molar-refractivity contribution in [2.24, 2.45) is 0 Å². The van der Waals surface area contributed by atoms with Crippen LogP contribution >= 0.6 is 0 Å². The maximum Gasteiger partial charge on any atom is 0.257 e. The first kappa shape index (κ1) is 21.0. The van der Waals surface area contributed by atoms with Gasteiger partial charge in [0.1, 0.15) is 11.5 Å². The molecule has 0 unspecified atom stereocenters. The first-order valence-electron chi connectivity index (χ1n) is 9.32. The lowest BCUT2D eigenvalue weighted by Gasteiger charge is -2.08. The SMILES string of the molecule is CCCOc1ccc(/C=C/C(=O)Nc2cccc(OCC(=O)NCC)c2)cc1. The number of anilines is 1. The predicted molar refractivity (Wildman–Crippen MR) is 111 cm³/mol. The summed E-state index contributed by atoms with van der Waals surface area (Å²) in [6.45, 7) is 5.07. The van der Waals surface area contributed by atoms with E-state index in [4.69, 9.17) is 9.47 Å². The number of carbonyl (C=O) groups is 2. The normalized spacial score (nSPS) is 10.5. The third kappa shape index (κ3) is 7.53. The van der Waals surface area contributed by atoms with Gasteiger partial charge in [0.2, 0.25) is 5.91 Å². The van der Waals surface area contributed by atoms with Gasteiger partial charge in [-0.15, -0.1) is 0 Å². The highest BCUT2D eigenvalue weighted by Crippen LogP contribution is 2.18. The van der Waals surface area contributed by atoms with Crippen LogP contribution in [0.2, 0.25) is 0 Å². The Morgan fingerprint density at radius 1 is 1.00 bits per heavy atom. The Bertz CT molecular complexity index is 800. The topological polar surface area (TPSA) is 76.7 Å². The predicted octanol–water partition coefficient (Wildman–Crippen LogP) is 3.64. The summed E-state index contributed by atoms with van der Waals surface area (Å²) in [6.07, 6.45) is 4.15. The summed E-state index contributed by atoms with van der Waals surface area (Å²) < 4.78 is 11.0.